The first-order chi connectivity index (χ1) is 8.56. The van der Waals surface area contributed by atoms with Gasteiger partial charge in [0.2, 0.25) is 5.56 Å². The van der Waals surface area contributed by atoms with Crippen LogP contribution in [0.4, 0.5) is 5.13 Å². The third-order valence-electron chi connectivity index (χ3n) is 2.37. The van der Waals surface area contributed by atoms with Crippen LogP contribution in [0.25, 0.3) is 0 Å². The number of aromatic amines is 1. The summed E-state index contributed by atoms with van der Waals surface area (Å²) >= 11 is 1.38. The Bertz CT molecular complexity index is 616. The normalized spacial score (nSPS) is 10.6. The van der Waals surface area contributed by atoms with Gasteiger partial charge in [0.1, 0.15) is 0 Å². The van der Waals surface area contributed by atoms with Crippen molar-refractivity contribution in [2.75, 3.05) is 5.32 Å². The van der Waals surface area contributed by atoms with Crippen molar-refractivity contribution in [2.45, 2.75) is 19.8 Å². The number of nitrogens with one attached hydrogen (secondary N) is 2. The van der Waals surface area contributed by atoms with Crippen molar-refractivity contribution in [3.8, 4) is 0 Å². The summed E-state index contributed by atoms with van der Waals surface area (Å²) in [4.78, 5) is 29.7. The summed E-state index contributed by atoms with van der Waals surface area (Å²) < 4.78 is 0. The molecule has 1 amide bonds. The summed E-state index contributed by atoms with van der Waals surface area (Å²) in [6.45, 7) is 4.08. The molecule has 0 saturated carbocycles. The molecule has 18 heavy (non-hydrogen) atoms. The largest absolute Gasteiger partial charge is 0.329 e. The van der Waals surface area contributed by atoms with E-state index in [0.717, 1.165) is 5.69 Å². The Balaban J connectivity index is 2.13. The minimum Gasteiger partial charge on any atom is -0.329 e. The molecule has 0 saturated heterocycles. The van der Waals surface area contributed by atoms with Gasteiger partial charge in [-0.25, -0.2) is 4.98 Å². The summed E-state index contributed by atoms with van der Waals surface area (Å²) in [7, 11) is 0. The molecule has 0 aliphatic rings. The van der Waals surface area contributed by atoms with Gasteiger partial charge >= 0.3 is 0 Å². The van der Waals surface area contributed by atoms with Gasteiger partial charge < -0.3 is 4.98 Å². The number of hydrogen-bond acceptors (Lipinski definition) is 4. The first-order valence-electron chi connectivity index (χ1n) is 5.52. The Labute approximate surface area is 108 Å². The average Bonchev–Trinajstić information content (AvgIpc) is 2.77. The first-order valence-corrected chi connectivity index (χ1v) is 6.40. The maximum absolute atomic E-state index is 11.8. The second-order valence-corrected chi connectivity index (χ2v) is 4.99. The zero-order chi connectivity index (χ0) is 13.1. The Hall–Kier alpha value is -1.95. The van der Waals surface area contributed by atoms with Crippen molar-refractivity contribution in [1.82, 2.24) is 9.97 Å². The van der Waals surface area contributed by atoms with Crippen LogP contribution < -0.4 is 10.9 Å². The predicted octanol–water partition coefficient (Wildman–Crippen LogP) is 2.21. The molecule has 0 fully saturated rings. The van der Waals surface area contributed by atoms with Crippen LogP contribution >= 0.6 is 11.3 Å². The third-order valence-corrected chi connectivity index (χ3v) is 3.15. The average molecular weight is 263 g/mol. The lowest BCUT2D eigenvalue weighted by atomic mass is 10.2. The molecule has 2 rings (SSSR count). The molecule has 2 aromatic heterocycles. The molecule has 0 aromatic carbocycles. The van der Waals surface area contributed by atoms with Gasteiger partial charge in [-0.2, -0.15) is 0 Å². The number of hydrogen-bond donors (Lipinski definition) is 2. The van der Waals surface area contributed by atoms with Crippen molar-refractivity contribution in [3.05, 3.63) is 45.3 Å². The Kier molecular flexibility index (Phi) is 3.57. The van der Waals surface area contributed by atoms with Crippen molar-refractivity contribution >= 4 is 22.4 Å². The lowest BCUT2D eigenvalue weighted by molar-refractivity contribution is 0.102. The molecule has 5 nitrogen and oxygen atoms in total. The van der Waals surface area contributed by atoms with E-state index in [1.165, 1.54) is 23.6 Å². The van der Waals surface area contributed by atoms with Crippen LogP contribution in [0.5, 0.6) is 0 Å². The maximum atomic E-state index is 11.8. The van der Waals surface area contributed by atoms with Crippen LogP contribution in [-0.2, 0) is 0 Å². The van der Waals surface area contributed by atoms with Gasteiger partial charge in [-0.05, 0) is 12.0 Å². The van der Waals surface area contributed by atoms with Crippen LogP contribution in [0.15, 0.2) is 28.5 Å². The van der Waals surface area contributed by atoms with Gasteiger partial charge in [0.15, 0.2) is 5.13 Å². The quantitative estimate of drug-likeness (QED) is 0.891. The summed E-state index contributed by atoms with van der Waals surface area (Å²) in [5.74, 6) is -0.00257. The lowest BCUT2D eigenvalue weighted by Gasteiger charge is -2.01. The number of H-pyrrole nitrogens is 1. The molecular formula is C12H13N3O2S. The summed E-state index contributed by atoms with van der Waals surface area (Å²) in [5, 5.41) is 5.14. The number of rotatable bonds is 3. The molecule has 94 valence electrons. The molecule has 2 heterocycles. The van der Waals surface area contributed by atoms with Crippen LogP contribution in [0.2, 0.25) is 0 Å². The number of carbonyl (C=O) groups is 1. The first kappa shape index (κ1) is 12.5. The highest BCUT2D eigenvalue weighted by Gasteiger charge is 2.10. The van der Waals surface area contributed by atoms with Gasteiger partial charge in [-0.3, -0.25) is 14.9 Å². The molecule has 0 atom stereocenters. The summed E-state index contributed by atoms with van der Waals surface area (Å²) in [5.41, 5.74) is 0.964. The standard InChI is InChI=1S/C12H13N3O2S/c1-7(2)9-6-18-12(14-9)15-11(17)8-3-4-13-10(16)5-8/h3-7H,1-2H3,(H,13,16)(H,14,15,17). The monoisotopic (exact) mass is 263 g/mol. The van der Waals surface area contributed by atoms with E-state index in [9.17, 15) is 9.59 Å². The fourth-order valence-corrected chi connectivity index (χ4v) is 2.23. The zero-order valence-electron chi connectivity index (χ0n) is 10.1. The number of nitrogens with zero attached hydrogens (tertiary/aromatic N) is 1. The highest BCUT2D eigenvalue weighted by molar-refractivity contribution is 7.14. The van der Waals surface area contributed by atoms with Crippen molar-refractivity contribution in [2.24, 2.45) is 0 Å². The van der Waals surface area contributed by atoms with Crippen molar-refractivity contribution in [3.63, 3.8) is 0 Å². The van der Waals surface area contributed by atoms with Gasteiger partial charge in [0.25, 0.3) is 5.91 Å². The molecule has 2 aromatic rings. The Morgan fingerprint density at radius 2 is 2.28 bits per heavy atom. The highest BCUT2D eigenvalue weighted by atomic mass is 32.1. The Morgan fingerprint density at radius 1 is 1.50 bits per heavy atom. The minimum absolute atomic E-state index is 0.301. The van der Waals surface area contributed by atoms with E-state index in [1.54, 1.807) is 6.07 Å². The van der Waals surface area contributed by atoms with Crippen LogP contribution in [0.1, 0.15) is 35.8 Å². The molecule has 0 bridgehead atoms. The smallest absolute Gasteiger partial charge is 0.257 e. The molecular weight excluding hydrogens is 250 g/mol. The van der Waals surface area contributed by atoms with E-state index >= 15 is 0 Å². The molecule has 0 radical (unpaired) electrons. The summed E-state index contributed by atoms with van der Waals surface area (Å²) in [6, 6.07) is 2.81. The minimum atomic E-state index is -0.328. The van der Waals surface area contributed by atoms with E-state index in [-0.39, 0.29) is 11.5 Å². The molecule has 0 aliphatic carbocycles. The van der Waals surface area contributed by atoms with Gasteiger partial charge in [0, 0.05) is 23.2 Å². The van der Waals surface area contributed by atoms with E-state index in [4.69, 9.17) is 0 Å². The van der Waals surface area contributed by atoms with Gasteiger partial charge in [0.05, 0.1) is 5.69 Å². The van der Waals surface area contributed by atoms with Gasteiger partial charge in [-0.15, -0.1) is 11.3 Å². The predicted molar refractivity (Wildman–Crippen MR) is 71.2 cm³/mol. The number of thiazole rings is 1. The molecule has 0 spiro atoms. The zero-order valence-corrected chi connectivity index (χ0v) is 10.9. The number of aromatic nitrogens is 2. The summed E-state index contributed by atoms with van der Waals surface area (Å²) in [6.07, 6.45) is 1.44. The SMILES string of the molecule is CC(C)c1csc(NC(=O)c2cc[nH]c(=O)c2)n1. The van der Waals surface area contributed by atoms with E-state index in [1.807, 2.05) is 19.2 Å². The number of carbonyl (C=O) groups excluding carboxylic acids is 1. The van der Waals surface area contributed by atoms with E-state index < -0.39 is 0 Å². The maximum Gasteiger partial charge on any atom is 0.257 e. The number of pyridine rings is 1. The molecule has 0 unspecified atom stereocenters. The topological polar surface area (TPSA) is 74.8 Å². The molecule has 6 heteroatoms. The molecule has 2 N–H and O–H groups in total. The Morgan fingerprint density at radius 3 is 2.89 bits per heavy atom. The fraction of sp³-hybridized carbons (Fsp3) is 0.250. The molecule has 0 aliphatic heterocycles. The van der Waals surface area contributed by atoms with Crippen molar-refractivity contribution in [1.29, 1.82) is 0 Å². The fourth-order valence-electron chi connectivity index (χ4n) is 1.36. The van der Waals surface area contributed by atoms with Gasteiger partial charge in [-0.1, -0.05) is 13.8 Å². The second kappa shape index (κ2) is 5.14. The van der Waals surface area contributed by atoms with Crippen molar-refractivity contribution < 1.29 is 4.79 Å². The van der Waals surface area contributed by atoms with Crippen LogP contribution in [0, 0.1) is 0 Å². The third kappa shape index (κ3) is 2.84. The van der Waals surface area contributed by atoms with Crippen LogP contribution in [-0.4, -0.2) is 15.9 Å². The number of anilines is 1. The number of amides is 1. The van der Waals surface area contributed by atoms with E-state index in [0.29, 0.717) is 16.6 Å². The lowest BCUT2D eigenvalue weighted by Crippen LogP contribution is -2.15. The van der Waals surface area contributed by atoms with E-state index in [2.05, 4.69) is 15.3 Å². The highest BCUT2D eigenvalue weighted by Crippen LogP contribution is 2.21. The van der Waals surface area contributed by atoms with Crippen LogP contribution in [0.3, 0.4) is 0 Å². The second-order valence-electron chi connectivity index (χ2n) is 4.13.